The van der Waals surface area contributed by atoms with E-state index in [1.807, 2.05) is 60.8 Å². The molecule has 2 fully saturated rings. The number of methoxy groups -OCH3 is 1. The molecule has 0 saturated carbocycles. The predicted molar refractivity (Wildman–Crippen MR) is 147 cm³/mol. The molecule has 1 atom stereocenters. The normalized spacial score (nSPS) is 20.4. The summed E-state index contributed by atoms with van der Waals surface area (Å²) in [6.07, 6.45) is 3.97. The van der Waals surface area contributed by atoms with Crippen molar-refractivity contribution in [3.63, 3.8) is 0 Å². The fraction of sp³-hybridized carbons (Fsp3) is 0.192. The van der Waals surface area contributed by atoms with Crippen molar-refractivity contribution in [2.24, 2.45) is 0 Å². The smallest absolute Gasteiger partial charge is 0.266 e. The summed E-state index contributed by atoms with van der Waals surface area (Å²) < 4.78 is 37.7. The molecule has 2 aromatic carbocycles. The molecule has 0 N–H and O–H groups in total. The van der Waals surface area contributed by atoms with Gasteiger partial charge in [0.1, 0.15) is 10.0 Å². The first-order valence-corrected chi connectivity index (χ1v) is 14.6. The Balaban J connectivity index is 1.44. The fourth-order valence-corrected chi connectivity index (χ4v) is 7.72. The molecule has 0 bridgehead atoms. The first-order valence-electron chi connectivity index (χ1n) is 11.5. The number of thiocarbonyl (C=S) groups is 1. The maximum atomic E-state index is 13.4. The predicted octanol–water partition coefficient (Wildman–Crippen LogP) is 4.68. The summed E-state index contributed by atoms with van der Waals surface area (Å²) in [5.41, 5.74) is 2.67. The SMILES string of the molecule is COc1cccc2cc(-c3nn(-c4ccccc4)cc3C=C3SC(=S)N(C4CCS(=O)(=O)C4)C3=O)oc12. The molecule has 188 valence electrons. The highest BCUT2D eigenvalue weighted by Gasteiger charge is 2.42. The summed E-state index contributed by atoms with van der Waals surface area (Å²) >= 11 is 6.65. The highest BCUT2D eigenvalue weighted by atomic mass is 32.2. The standard InChI is InChI=1S/C26H21N3O5S3/c1-33-20-9-5-6-16-12-21(34-24(16)20)23-17(14-28(27-23)18-7-3-2-4-8-18)13-22-25(30)29(26(35)36-22)19-10-11-37(31,32)15-19/h2-9,12-14,19H,10-11,15H2,1H3. The van der Waals surface area contributed by atoms with Crippen LogP contribution in [0.2, 0.25) is 0 Å². The number of carbonyl (C=O) groups is 1. The van der Waals surface area contributed by atoms with Crippen molar-refractivity contribution < 1.29 is 22.4 Å². The first-order chi connectivity index (χ1) is 17.8. The molecule has 6 rings (SSSR count). The van der Waals surface area contributed by atoms with Gasteiger partial charge in [-0.25, -0.2) is 13.1 Å². The van der Waals surface area contributed by atoms with Gasteiger partial charge in [0.05, 0.1) is 35.2 Å². The van der Waals surface area contributed by atoms with Crippen LogP contribution in [0.3, 0.4) is 0 Å². The van der Waals surface area contributed by atoms with Crippen LogP contribution in [0.1, 0.15) is 12.0 Å². The van der Waals surface area contributed by atoms with Gasteiger partial charge in [-0.1, -0.05) is 54.3 Å². The van der Waals surface area contributed by atoms with Gasteiger partial charge in [0.15, 0.2) is 26.9 Å². The Labute approximate surface area is 222 Å². The minimum Gasteiger partial charge on any atom is -0.493 e. The summed E-state index contributed by atoms with van der Waals surface area (Å²) in [5, 5.41) is 5.66. The average Bonchev–Trinajstić information content (AvgIpc) is 3.64. The lowest BCUT2D eigenvalue weighted by Crippen LogP contribution is -2.39. The number of furan rings is 1. The van der Waals surface area contributed by atoms with E-state index < -0.39 is 15.9 Å². The Morgan fingerprint density at radius 3 is 2.73 bits per heavy atom. The van der Waals surface area contributed by atoms with Crippen molar-refractivity contribution in [3.8, 4) is 22.9 Å². The largest absolute Gasteiger partial charge is 0.493 e. The Hall–Kier alpha value is -3.41. The third kappa shape index (κ3) is 4.36. The van der Waals surface area contributed by atoms with Crippen LogP contribution in [0.15, 0.2) is 70.1 Å². The highest BCUT2D eigenvalue weighted by molar-refractivity contribution is 8.26. The van der Waals surface area contributed by atoms with E-state index in [0.717, 1.165) is 11.1 Å². The number of thioether (sulfide) groups is 1. The van der Waals surface area contributed by atoms with Crippen LogP contribution in [-0.4, -0.2) is 58.0 Å². The number of hydrogen-bond donors (Lipinski definition) is 0. The second-order valence-electron chi connectivity index (χ2n) is 8.81. The van der Waals surface area contributed by atoms with E-state index in [2.05, 4.69) is 0 Å². The molecule has 0 spiro atoms. The van der Waals surface area contributed by atoms with Gasteiger partial charge in [-0.15, -0.1) is 0 Å². The minimum absolute atomic E-state index is 0.0648. The molecule has 1 amide bonds. The molecule has 2 aromatic heterocycles. The van der Waals surface area contributed by atoms with Crippen LogP contribution in [0, 0.1) is 0 Å². The minimum atomic E-state index is -3.16. The molecular weight excluding hydrogens is 531 g/mol. The van der Waals surface area contributed by atoms with Crippen LogP contribution in [0.4, 0.5) is 0 Å². The van der Waals surface area contributed by atoms with E-state index in [9.17, 15) is 13.2 Å². The quantitative estimate of drug-likeness (QED) is 0.261. The van der Waals surface area contributed by atoms with Crippen LogP contribution >= 0.6 is 24.0 Å². The first kappa shape index (κ1) is 24.0. The lowest BCUT2D eigenvalue weighted by Gasteiger charge is -2.20. The number of amides is 1. The van der Waals surface area contributed by atoms with Crippen molar-refractivity contribution in [3.05, 3.63) is 71.3 Å². The van der Waals surface area contributed by atoms with Crippen LogP contribution in [-0.2, 0) is 14.6 Å². The van der Waals surface area contributed by atoms with Gasteiger partial charge in [-0.2, -0.15) is 5.10 Å². The number of para-hydroxylation sites is 2. The van der Waals surface area contributed by atoms with Gasteiger partial charge < -0.3 is 9.15 Å². The number of ether oxygens (including phenoxy) is 1. The zero-order valence-electron chi connectivity index (χ0n) is 19.7. The van der Waals surface area contributed by atoms with Gasteiger partial charge in [-0.05, 0) is 36.8 Å². The molecule has 1 unspecified atom stereocenters. The van der Waals surface area contributed by atoms with Gasteiger partial charge in [0.2, 0.25) is 0 Å². The fourth-order valence-electron chi connectivity index (χ4n) is 4.63. The van der Waals surface area contributed by atoms with Crippen molar-refractivity contribution >= 4 is 61.1 Å². The Kier molecular flexibility index (Phi) is 5.93. The molecule has 4 heterocycles. The second kappa shape index (κ2) is 9.16. The van der Waals surface area contributed by atoms with Crippen molar-refractivity contribution in [1.82, 2.24) is 14.7 Å². The van der Waals surface area contributed by atoms with Gasteiger partial charge in [-0.3, -0.25) is 9.69 Å². The molecule has 11 heteroatoms. The topological polar surface area (TPSA) is 94.6 Å². The van der Waals surface area contributed by atoms with Crippen LogP contribution in [0.25, 0.3) is 34.2 Å². The molecule has 2 aliphatic rings. The lowest BCUT2D eigenvalue weighted by atomic mass is 10.1. The molecular formula is C26H21N3O5S3. The molecule has 4 aromatic rings. The van der Waals surface area contributed by atoms with E-state index in [0.29, 0.717) is 44.0 Å². The van der Waals surface area contributed by atoms with Gasteiger partial charge in [0.25, 0.3) is 5.91 Å². The van der Waals surface area contributed by atoms with E-state index in [1.54, 1.807) is 17.9 Å². The number of hydrogen-bond acceptors (Lipinski definition) is 8. The maximum Gasteiger partial charge on any atom is 0.266 e. The summed E-state index contributed by atoms with van der Waals surface area (Å²) in [6, 6.07) is 16.7. The molecule has 2 saturated heterocycles. The number of carbonyl (C=O) groups excluding carboxylic acids is 1. The van der Waals surface area contributed by atoms with E-state index in [1.165, 1.54) is 16.7 Å². The van der Waals surface area contributed by atoms with Crippen molar-refractivity contribution in [2.45, 2.75) is 12.5 Å². The Morgan fingerprint density at radius 1 is 1.19 bits per heavy atom. The zero-order valence-corrected chi connectivity index (χ0v) is 22.1. The second-order valence-corrected chi connectivity index (χ2v) is 12.7. The summed E-state index contributed by atoms with van der Waals surface area (Å²) in [6.45, 7) is 0. The Bertz CT molecular complexity index is 1690. The molecule has 0 aliphatic carbocycles. The lowest BCUT2D eigenvalue weighted by molar-refractivity contribution is -0.123. The van der Waals surface area contributed by atoms with E-state index in [-0.39, 0.29) is 17.4 Å². The third-order valence-corrected chi connectivity index (χ3v) is 9.49. The molecule has 2 aliphatic heterocycles. The molecule has 8 nitrogen and oxygen atoms in total. The average molecular weight is 552 g/mol. The number of benzene rings is 2. The molecule has 0 radical (unpaired) electrons. The van der Waals surface area contributed by atoms with Crippen molar-refractivity contribution in [1.29, 1.82) is 0 Å². The van der Waals surface area contributed by atoms with E-state index >= 15 is 0 Å². The van der Waals surface area contributed by atoms with Gasteiger partial charge >= 0.3 is 0 Å². The highest BCUT2D eigenvalue weighted by Crippen LogP contribution is 2.39. The number of nitrogens with zero attached hydrogens (tertiary/aromatic N) is 3. The number of sulfone groups is 1. The number of fused-ring (bicyclic) bond motifs is 1. The van der Waals surface area contributed by atoms with Crippen LogP contribution < -0.4 is 4.74 Å². The third-order valence-electron chi connectivity index (χ3n) is 6.41. The van der Waals surface area contributed by atoms with E-state index in [4.69, 9.17) is 26.5 Å². The van der Waals surface area contributed by atoms with Crippen molar-refractivity contribution in [2.75, 3.05) is 18.6 Å². The summed E-state index contributed by atoms with van der Waals surface area (Å²) in [5.74, 6) is 0.849. The summed E-state index contributed by atoms with van der Waals surface area (Å²) in [7, 11) is -1.58. The Morgan fingerprint density at radius 2 is 2.00 bits per heavy atom. The summed E-state index contributed by atoms with van der Waals surface area (Å²) in [4.78, 5) is 15.2. The van der Waals surface area contributed by atoms with Gasteiger partial charge in [0, 0.05) is 17.1 Å². The van der Waals surface area contributed by atoms with Crippen LogP contribution in [0.5, 0.6) is 5.75 Å². The maximum absolute atomic E-state index is 13.4. The number of rotatable bonds is 5. The monoisotopic (exact) mass is 551 g/mol. The number of aromatic nitrogens is 2. The zero-order chi connectivity index (χ0) is 25.7. The molecule has 37 heavy (non-hydrogen) atoms.